The molecule has 1 aliphatic heterocycles. The van der Waals surface area contributed by atoms with E-state index in [1.807, 2.05) is 0 Å². The Morgan fingerprint density at radius 1 is 1.28 bits per heavy atom. The zero-order valence-corrected chi connectivity index (χ0v) is 11.4. The van der Waals surface area contributed by atoms with Gasteiger partial charge in [-0.2, -0.15) is 5.10 Å². The molecule has 1 aromatic heterocycles. The first-order chi connectivity index (χ1) is 8.33. The molecular weight excluding hydrogens is 254 g/mol. The fraction of sp³-hybridized carbons (Fsp3) is 0.636. The molecule has 0 saturated carbocycles. The first-order valence-electron chi connectivity index (χ1n) is 5.83. The molecule has 2 heterocycles. The average molecular weight is 271 g/mol. The molecule has 100 valence electrons. The number of carbonyl (C=O) groups excluding carboxylic acids is 1. The van der Waals surface area contributed by atoms with E-state index in [1.165, 1.54) is 0 Å². The summed E-state index contributed by atoms with van der Waals surface area (Å²) in [7, 11) is -2.96. The summed E-state index contributed by atoms with van der Waals surface area (Å²) in [6, 6.07) is 1.76. The molecular formula is C11H17N3O3S. The van der Waals surface area contributed by atoms with Crippen molar-refractivity contribution in [3.63, 3.8) is 0 Å². The maximum atomic E-state index is 12.4. The van der Waals surface area contributed by atoms with Crippen LogP contribution >= 0.6 is 0 Å². The van der Waals surface area contributed by atoms with E-state index < -0.39 is 15.4 Å². The van der Waals surface area contributed by atoms with Crippen molar-refractivity contribution in [2.75, 3.05) is 24.6 Å². The molecule has 1 aliphatic rings. The van der Waals surface area contributed by atoms with Gasteiger partial charge in [0.15, 0.2) is 9.84 Å². The number of rotatable bonds is 2. The standard InChI is InChI=1S/C11H17N3O3S/c1-11(2,14-5-3-4-12-14)10(15)13-6-8-18(16,17)9-7-13/h3-5H,6-9H2,1-2H3. The summed E-state index contributed by atoms with van der Waals surface area (Å²) in [6.45, 7) is 4.11. The predicted molar refractivity (Wildman–Crippen MR) is 66.8 cm³/mol. The molecule has 18 heavy (non-hydrogen) atoms. The monoisotopic (exact) mass is 271 g/mol. The van der Waals surface area contributed by atoms with Gasteiger partial charge in [0, 0.05) is 25.5 Å². The molecule has 2 rings (SSSR count). The van der Waals surface area contributed by atoms with Crippen LogP contribution in [-0.2, 0) is 20.2 Å². The Kier molecular flexibility index (Phi) is 3.18. The zero-order chi connectivity index (χ0) is 13.4. The molecule has 0 unspecified atom stereocenters. The second-order valence-electron chi connectivity index (χ2n) is 4.95. The predicted octanol–water partition coefficient (Wildman–Crippen LogP) is -0.125. The quantitative estimate of drug-likeness (QED) is 0.751. The Morgan fingerprint density at radius 3 is 2.39 bits per heavy atom. The van der Waals surface area contributed by atoms with Crippen LogP contribution in [0.5, 0.6) is 0 Å². The fourth-order valence-corrected chi connectivity index (χ4v) is 3.20. The van der Waals surface area contributed by atoms with Gasteiger partial charge in [-0.1, -0.05) is 0 Å². The van der Waals surface area contributed by atoms with Crippen LogP contribution in [-0.4, -0.2) is 53.6 Å². The van der Waals surface area contributed by atoms with Gasteiger partial charge in [-0.05, 0) is 19.9 Å². The average Bonchev–Trinajstić information content (AvgIpc) is 2.82. The maximum absolute atomic E-state index is 12.4. The molecule has 1 fully saturated rings. The van der Waals surface area contributed by atoms with E-state index in [-0.39, 0.29) is 30.5 Å². The van der Waals surface area contributed by atoms with Crippen molar-refractivity contribution >= 4 is 15.7 Å². The van der Waals surface area contributed by atoms with E-state index in [0.717, 1.165) is 0 Å². The van der Waals surface area contributed by atoms with Crippen LogP contribution in [0.3, 0.4) is 0 Å². The Bertz CT molecular complexity index is 520. The number of hydrogen-bond donors (Lipinski definition) is 0. The van der Waals surface area contributed by atoms with Gasteiger partial charge in [-0.25, -0.2) is 8.42 Å². The number of nitrogens with zero attached hydrogens (tertiary/aromatic N) is 3. The van der Waals surface area contributed by atoms with E-state index in [2.05, 4.69) is 5.10 Å². The fourth-order valence-electron chi connectivity index (χ4n) is 2.00. The molecule has 1 saturated heterocycles. The van der Waals surface area contributed by atoms with Crippen LogP contribution in [0.4, 0.5) is 0 Å². The highest BCUT2D eigenvalue weighted by atomic mass is 32.2. The summed E-state index contributed by atoms with van der Waals surface area (Å²) >= 11 is 0. The molecule has 7 heteroatoms. The highest BCUT2D eigenvalue weighted by Gasteiger charge is 2.36. The number of sulfone groups is 1. The van der Waals surface area contributed by atoms with Crippen LogP contribution in [0.25, 0.3) is 0 Å². The molecule has 6 nitrogen and oxygen atoms in total. The lowest BCUT2D eigenvalue weighted by atomic mass is 10.0. The number of hydrogen-bond acceptors (Lipinski definition) is 4. The third-order valence-corrected chi connectivity index (χ3v) is 4.84. The second-order valence-corrected chi connectivity index (χ2v) is 7.26. The van der Waals surface area contributed by atoms with Crippen molar-refractivity contribution in [3.05, 3.63) is 18.5 Å². The van der Waals surface area contributed by atoms with Crippen molar-refractivity contribution in [2.24, 2.45) is 0 Å². The van der Waals surface area contributed by atoms with Crippen molar-refractivity contribution in [2.45, 2.75) is 19.4 Å². The van der Waals surface area contributed by atoms with E-state index in [9.17, 15) is 13.2 Å². The number of aromatic nitrogens is 2. The van der Waals surface area contributed by atoms with Gasteiger partial charge in [-0.15, -0.1) is 0 Å². The minimum atomic E-state index is -2.96. The van der Waals surface area contributed by atoms with Crippen molar-refractivity contribution in [1.29, 1.82) is 0 Å². The van der Waals surface area contributed by atoms with Gasteiger partial charge in [0.2, 0.25) is 5.91 Å². The lowest BCUT2D eigenvalue weighted by Gasteiger charge is -2.34. The minimum absolute atomic E-state index is 0.0495. The molecule has 1 aromatic rings. The molecule has 0 aromatic carbocycles. The van der Waals surface area contributed by atoms with E-state index in [1.54, 1.807) is 41.9 Å². The van der Waals surface area contributed by atoms with Gasteiger partial charge in [0.1, 0.15) is 5.54 Å². The summed E-state index contributed by atoms with van der Waals surface area (Å²) in [6.07, 6.45) is 3.36. The van der Waals surface area contributed by atoms with E-state index in [0.29, 0.717) is 0 Å². The van der Waals surface area contributed by atoms with Crippen LogP contribution in [0, 0.1) is 0 Å². The third kappa shape index (κ3) is 2.40. The molecule has 0 aliphatic carbocycles. The summed E-state index contributed by atoms with van der Waals surface area (Å²) in [4.78, 5) is 14.0. The Hall–Kier alpha value is -1.37. The first-order valence-corrected chi connectivity index (χ1v) is 7.65. The molecule has 0 spiro atoms. The second kappa shape index (κ2) is 4.38. The highest BCUT2D eigenvalue weighted by molar-refractivity contribution is 7.91. The normalized spacial score (nSPS) is 19.8. The number of carbonyl (C=O) groups is 1. The van der Waals surface area contributed by atoms with Crippen molar-refractivity contribution in [3.8, 4) is 0 Å². The van der Waals surface area contributed by atoms with Gasteiger partial charge >= 0.3 is 0 Å². The van der Waals surface area contributed by atoms with Crippen molar-refractivity contribution < 1.29 is 13.2 Å². The summed E-state index contributed by atoms with van der Waals surface area (Å²) in [5.74, 6) is 0.00286. The van der Waals surface area contributed by atoms with Gasteiger partial charge in [0.05, 0.1) is 11.5 Å². The zero-order valence-electron chi connectivity index (χ0n) is 10.5. The molecule has 1 amide bonds. The Labute approximate surface area is 106 Å². The van der Waals surface area contributed by atoms with Gasteiger partial charge in [0.25, 0.3) is 0 Å². The van der Waals surface area contributed by atoms with E-state index >= 15 is 0 Å². The van der Waals surface area contributed by atoms with Crippen LogP contribution in [0.2, 0.25) is 0 Å². The van der Waals surface area contributed by atoms with Crippen LogP contribution < -0.4 is 0 Å². The molecule has 0 radical (unpaired) electrons. The summed E-state index contributed by atoms with van der Waals surface area (Å²) in [5, 5.41) is 4.08. The summed E-state index contributed by atoms with van der Waals surface area (Å²) < 4.78 is 24.3. The smallest absolute Gasteiger partial charge is 0.250 e. The largest absolute Gasteiger partial charge is 0.339 e. The number of amides is 1. The van der Waals surface area contributed by atoms with Crippen LogP contribution in [0.15, 0.2) is 18.5 Å². The van der Waals surface area contributed by atoms with Crippen LogP contribution in [0.1, 0.15) is 13.8 Å². The molecule has 0 atom stereocenters. The Balaban J connectivity index is 2.13. The SMILES string of the molecule is CC(C)(C(=O)N1CCS(=O)(=O)CC1)n1cccn1. The van der Waals surface area contributed by atoms with E-state index in [4.69, 9.17) is 0 Å². The molecule has 0 N–H and O–H groups in total. The van der Waals surface area contributed by atoms with Gasteiger partial charge < -0.3 is 4.90 Å². The minimum Gasteiger partial charge on any atom is -0.339 e. The Morgan fingerprint density at radius 2 is 1.89 bits per heavy atom. The van der Waals surface area contributed by atoms with Gasteiger partial charge in [-0.3, -0.25) is 9.48 Å². The maximum Gasteiger partial charge on any atom is 0.250 e. The first kappa shape index (κ1) is 13.1. The molecule has 0 bridgehead atoms. The lowest BCUT2D eigenvalue weighted by Crippen LogP contribution is -2.52. The summed E-state index contributed by atoms with van der Waals surface area (Å²) in [5.41, 5.74) is -0.787. The highest BCUT2D eigenvalue weighted by Crippen LogP contribution is 2.19. The van der Waals surface area contributed by atoms with Crippen molar-refractivity contribution in [1.82, 2.24) is 14.7 Å². The third-order valence-electron chi connectivity index (χ3n) is 3.23. The lowest BCUT2D eigenvalue weighted by molar-refractivity contribution is -0.139. The topological polar surface area (TPSA) is 72.3 Å².